The highest BCUT2D eigenvalue weighted by atomic mass is 35.5. The number of hydrogen-bond donors (Lipinski definition) is 1. The van der Waals surface area contributed by atoms with Crippen LogP contribution in [-0.2, 0) is 6.54 Å². The maximum Gasteiger partial charge on any atom is 0.124 e. The molecule has 1 fully saturated rings. The molecule has 1 aromatic rings. The van der Waals surface area contributed by atoms with Crippen LogP contribution in [0.1, 0.15) is 31.2 Å². The van der Waals surface area contributed by atoms with Crippen LogP contribution in [0, 0.1) is 5.92 Å². The fourth-order valence-electron chi connectivity index (χ4n) is 2.52. The van der Waals surface area contributed by atoms with E-state index in [1.54, 1.807) is 7.11 Å². The van der Waals surface area contributed by atoms with Crippen molar-refractivity contribution in [2.75, 3.05) is 13.7 Å². The lowest BCUT2D eigenvalue weighted by atomic mass is 10.1. The first-order valence-electron chi connectivity index (χ1n) is 6.33. The molecule has 0 atom stereocenters. The van der Waals surface area contributed by atoms with Crippen LogP contribution in [0.2, 0.25) is 5.02 Å². The Morgan fingerprint density at radius 3 is 2.82 bits per heavy atom. The highest BCUT2D eigenvalue weighted by Gasteiger charge is 2.15. The van der Waals surface area contributed by atoms with E-state index in [-0.39, 0.29) is 0 Å². The molecule has 1 aliphatic rings. The van der Waals surface area contributed by atoms with Gasteiger partial charge < -0.3 is 10.1 Å². The Morgan fingerprint density at radius 2 is 2.12 bits per heavy atom. The van der Waals surface area contributed by atoms with Crippen molar-refractivity contribution >= 4 is 11.6 Å². The molecule has 17 heavy (non-hydrogen) atoms. The first-order chi connectivity index (χ1) is 8.31. The second-order valence-electron chi connectivity index (χ2n) is 4.70. The summed E-state index contributed by atoms with van der Waals surface area (Å²) in [6.07, 6.45) is 5.52. The van der Waals surface area contributed by atoms with Crippen LogP contribution in [0.25, 0.3) is 0 Å². The van der Waals surface area contributed by atoms with Crippen LogP contribution in [0.15, 0.2) is 18.2 Å². The first kappa shape index (κ1) is 12.7. The number of nitrogens with one attached hydrogen (secondary N) is 1. The SMILES string of the molecule is COc1cccc(Cl)c1CNCC1CCCC1. The lowest BCUT2D eigenvalue weighted by Crippen LogP contribution is -2.21. The summed E-state index contributed by atoms with van der Waals surface area (Å²) in [6.45, 7) is 1.88. The predicted molar refractivity (Wildman–Crippen MR) is 71.7 cm³/mol. The van der Waals surface area contributed by atoms with Crippen LogP contribution in [0.5, 0.6) is 5.75 Å². The smallest absolute Gasteiger partial charge is 0.124 e. The average Bonchev–Trinajstić information content (AvgIpc) is 2.84. The summed E-state index contributed by atoms with van der Waals surface area (Å²) >= 11 is 6.18. The van der Waals surface area contributed by atoms with Crippen molar-refractivity contribution in [3.63, 3.8) is 0 Å². The Hall–Kier alpha value is -0.730. The molecule has 1 aromatic carbocycles. The molecule has 94 valence electrons. The number of methoxy groups -OCH3 is 1. The van der Waals surface area contributed by atoms with E-state index in [4.69, 9.17) is 16.3 Å². The molecular weight excluding hydrogens is 234 g/mol. The van der Waals surface area contributed by atoms with E-state index in [1.807, 2.05) is 18.2 Å². The second-order valence-corrected chi connectivity index (χ2v) is 5.11. The maximum atomic E-state index is 6.18. The Labute approximate surface area is 108 Å². The third-order valence-corrected chi connectivity index (χ3v) is 3.86. The van der Waals surface area contributed by atoms with Crippen molar-refractivity contribution in [1.29, 1.82) is 0 Å². The largest absolute Gasteiger partial charge is 0.496 e. The molecule has 1 saturated carbocycles. The average molecular weight is 254 g/mol. The van der Waals surface area contributed by atoms with E-state index in [2.05, 4.69) is 5.32 Å². The van der Waals surface area contributed by atoms with Gasteiger partial charge in [-0.25, -0.2) is 0 Å². The summed E-state index contributed by atoms with van der Waals surface area (Å²) in [4.78, 5) is 0. The number of hydrogen-bond acceptors (Lipinski definition) is 2. The number of ether oxygens (including phenoxy) is 1. The molecule has 3 heteroatoms. The molecule has 0 saturated heterocycles. The van der Waals surface area contributed by atoms with Crippen molar-refractivity contribution in [1.82, 2.24) is 5.32 Å². The molecule has 0 spiro atoms. The van der Waals surface area contributed by atoms with Crippen molar-refractivity contribution < 1.29 is 4.74 Å². The van der Waals surface area contributed by atoms with Gasteiger partial charge in [0.1, 0.15) is 5.75 Å². The van der Waals surface area contributed by atoms with Gasteiger partial charge in [0.05, 0.1) is 7.11 Å². The van der Waals surface area contributed by atoms with Gasteiger partial charge in [0.15, 0.2) is 0 Å². The fourth-order valence-corrected chi connectivity index (χ4v) is 2.75. The van der Waals surface area contributed by atoms with Gasteiger partial charge in [-0.2, -0.15) is 0 Å². The summed E-state index contributed by atoms with van der Waals surface area (Å²) in [7, 11) is 1.69. The van der Waals surface area contributed by atoms with E-state index >= 15 is 0 Å². The zero-order valence-electron chi connectivity index (χ0n) is 10.3. The standard InChI is InChI=1S/C14H20ClNO/c1-17-14-8-4-7-13(15)12(14)10-16-9-11-5-2-3-6-11/h4,7-8,11,16H,2-3,5-6,9-10H2,1H3. The van der Waals surface area contributed by atoms with Gasteiger partial charge in [-0.1, -0.05) is 30.5 Å². The van der Waals surface area contributed by atoms with E-state index in [9.17, 15) is 0 Å². The molecule has 0 aliphatic heterocycles. The van der Waals surface area contributed by atoms with Gasteiger partial charge in [0, 0.05) is 17.1 Å². The van der Waals surface area contributed by atoms with Gasteiger partial charge in [-0.15, -0.1) is 0 Å². The van der Waals surface area contributed by atoms with Crippen LogP contribution in [0.3, 0.4) is 0 Å². The zero-order chi connectivity index (χ0) is 12.1. The van der Waals surface area contributed by atoms with Gasteiger partial charge in [-0.05, 0) is 37.4 Å². The summed E-state index contributed by atoms with van der Waals surface area (Å²) < 4.78 is 5.32. The molecule has 2 rings (SSSR count). The summed E-state index contributed by atoms with van der Waals surface area (Å²) in [5.74, 6) is 1.72. The van der Waals surface area contributed by atoms with Crippen molar-refractivity contribution in [2.24, 2.45) is 5.92 Å². The van der Waals surface area contributed by atoms with Gasteiger partial charge in [0.2, 0.25) is 0 Å². The van der Waals surface area contributed by atoms with Gasteiger partial charge >= 0.3 is 0 Å². The van der Waals surface area contributed by atoms with E-state index < -0.39 is 0 Å². The Balaban J connectivity index is 1.89. The Bertz CT molecular complexity index is 361. The molecule has 0 heterocycles. The molecule has 0 aromatic heterocycles. The van der Waals surface area contributed by atoms with Crippen molar-refractivity contribution in [2.45, 2.75) is 32.2 Å². The lowest BCUT2D eigenvalue weighted by Gasteiger charge is -2.13. The highest BCUT2D eigenvalue weighted by molar-refractivity contribution is 6.31. The molecule has 0 radical (unpaired) electrons. The molecule has 0 bridgehead atoms. The van der Waals surface area contributed by atoms with Crippen LogP contribution >= 0.6 is 11.6 Å². The normalized spacial score (nSPS) is 16.4. The Kier molecular flexibility index (Phi) is 4.69. The van der Waals surface area contributed by atoms with Crippen LogP contribution < -0.4 is 10.1 Å². The predicted octanol–water partition coefficient (Wildman–Crippen LogP) is 3.63. The maximum absolute atomic E-state index is 6.18. The van der Waals surface area contributed by atoms with Gasteiger partial charge in [0.25, 0.3) is 0 Å². The topological polar surface area (TPSA) is 21.3 Å². The number of rotatable bonds is 5. The number of halogens is 1. The van der Waals surface area contributed by atoms with E-state index in [1.165, 1.54) is 25.7 Å². The summed E-state index contributed by atoms with van der Waals surface area (Å²) in [6, 6.07) is 5.79. The van der Waals surface area contributed by atoms with E-state index in [0.717, 1.165) is 35.3 Å². The molecule has 1 N–H and O–H groups in total. The number of benzene rings is 1. The summed E-state index contributed by atoms with van der Waals surface area (Å²) in [5.41, 5.74) is 1.06. The molecule has 0 amide bonds. The summed E-state index contributed by atoms with van der Waals surface area (Å²) in [5, 5.41) is 4.28. The molecule has 1 aliphatic carbocycles. The van der Waals surface area contributed by atoms with Crippen molar-refractivity contribution in [3.05, 3.63) is 28.8 Å². The third kappa shape index (κ3) is 3.36. The minimum Gasteiger partial charge on any atom is -0.496 e. The second kappa shape index (κ2) is 6.27. The molecule has 2 nitrogen and oxygen atoms in total. The minimum absolute atomic E-state index is 0.781. The van der Waals surface area contributed by atoms with Crippen LogP contribution in [-0.4, -0.2) is 13.7 Å². The molecule has 0 unspecified atom stereocenters. The molecular formula is C14H20ClNO. The van der Waals surface area contributed by atoms with Gasteiger partial charge in [-0.3, -0.25) is 0 Å². The minimum atomic E-state index is 0.781. The highest BCUT2D eigenvalue weighted by Crippen LogP contribution is 2.27. The van der Waals surface area contributed by atoms with E-state index in [0.29, 0.717) is 0 Å². The lowest BCUT2D eigenvalue weighted by molar-refractivity contribution is 0.405. The third-order valence-electron chi connectivity index (χ3n) is 3.51. The van der Waals surface area contributed by atoms with Crippen LogP contribution in [0.4, 0.5) is 0 Å². The quantitative estimate of drug-likeness (QED) is 0.865. The first-order valence-corrected chi connectivity index (χ1v) is 6.71. The Morgan fingerprint density at radius 1 is 1.35 bits per heavy atom. The zero-order valence-corrected chi connectivity index (χ0v) is 11.1. The van der Waals surface area contributed by atoms with Crippen molar-refractivity contribution in [3.8, 4) is 5.75 Å². The monoisotopic (exact) mass is 253 g/mol. The fraction of sp³-hybridized carbons (Fsp3) is 0.571.